The van der Waals surface area contributed by atoms with Crippen molar-refractivity contribution >= 4 is 0 Å². The third kappa shape index (κ3) is 1.64. The second-order valence-electron chi connectivity index (χ2n) is 4.33. The molecule has 1 aliphatic carbocycles. The maximum atomic E-state index is 5.25. The lowest BCUT2D eigenvalue weighted by molar-refractivity contribution is 0.164. The Morgan fingerprint density at radius 2 is 2.17 bits per heavy atom. The fourth-order valence-electron chi connectivity index (χ4n) is 2.31. The van der Waals surface area contributed by atoms with Gasteiger partial charge in [0.05, 0.1) is 0 Å². The van der Waals surface area contributed by atoms with E-state index in [1.54, 1.807) is 0 Å². The van der Waals surface area contributed by atoms with Crippen LogP contribution in [0.15, 0.2) is 0 Å². The van der Waals surface area contributed by atoms with Crippen LogP contribution in [-0.2, 0) is 0 Å². The van der Waals surface area contributed by atoms with Crippen LogP contribution in [0, 0.1) is 17.8 Å². The highest BCUT2D eigenvalue weighted by Gasteiger charge is 2.44. The lowest BCUT2D eigenvalue weighted by Gasteiger charge is -2.32. The monoisotopic (exact) mass is 163 g/mol. The van der Waals surface area contributed by atoms with Gasteiger partial charge in [-0.15, -0.1) is 12.3 Å². The predicted octanol–water partition coefficient (Wildman–Crippen LogP) is 1.89. The molecule has 1 nitrogen and oxygen atoms in total. The van der Waals surface area contributed by atoms with E-state index >= 15 is 0 Å². The molecule has 0 bridgehead atoms. The molecular formula is C11H17N. The van der Waals surface area contributed by atoms with E-state index in [1.807, 2.05) is 0 Å². The molecule has 0 aromatic heterocycles. The molecule has 0 aromatic carbocycles. The fraction of sp³-hybridized carbons (Fsp3) is 0.818. The molecule has 1 saturated carbocycles. The van der Waals surface area contributed by atoms with Crippen molar-refractivity contribution in [2.24, 2.45) is 5.41 Å². The van der Waals surface area contributed by atoms with Gasteiger partial charge in [-0.1, -0.05) is 0 Å². The number of piperidine rings is 1. The molecule has 1 aliphatic heterocycles. The summed E-state index contributed by atoms with van der Waals surface area (Å²) in [6.07, 6.45) is 12.0. The minimum absolute atomic E-state index is 0.757. The molecule has 0 aromatic rings. The Hall–Kier alpha value is -0.480. The third-order valence-corrected chi connectivity index (χ3v) is 3.27. The van der Waals surface area contributed by atoms with Gasteiger partial charge in [-0.25, -0.2) is 0 Å². The van der Waals surface area contributed by atoms with E-state index in [1.165, 1.54) is 38.8 Å². The van der Waals surface area contributed by atoms with Crippen LogP contribution in [0.4, 0.5) is 0 Å². The van der Waals surface area contributed by atoms with E-state index in [0.29, 0.717) is 0 Å². The van der Waals surface area contributed by atoms with Crippen molar-refractivity contribution in [3.63, 3.8) is 0 Å². The van der Waals surface area contributed by atoms with Crippen LogP contribution in [0.2, 0.25) is 0 Å². The summed E-state index contributed by atoms with van der Waals surface area (Å²) in [6.45, 7) is 3.73. The highest BCUT2D eigenvalue weighted by Crippen LogP contribution is 2.51. The van der Waals surface area contributed by atoms with Crippen LogP contribution >= 0.6 is 0 Å². The number of nitrogens with zero attached hydrogens (tertiary/aromatic N) is 1. The lowest BCUT2D eigenvalue weighted by atomic mass is 9.95. The number of hydrogen-bond donors (Lipinski definition) is 0. The first kappa shape index (κ1) is 8.13. The molecule has 1 saturated heterocycles. The number of terminal acetylenes is 1. The summed E-state index contributed by atoms with van der Waals surface area (Å²) in [5.41, 5.74) is 0.757. The lowest BCUT2D eigenvalue weighted by Crippen LogP contribution is -2.36. The average molecular weight is 163 g/mol. The molecule has 66 valence electrons. The first-order valence-corrected chi connectivity index (χ1v) is 5.01. The second kappa shape index (κ2) is 3.11. The fourth-order valence-corrected chi connectivity index (χ4v) is 2.31. The first-order chi connectivity index (χ1) is 5.85. The zero-order chi connectivity index (χ0) is 8.44. The summed E-state index contributed by atoms with van der Waals surface area (Å²) in [5.74, 6) is 2.72. The molecule has 2 fully saturated rings. The molecule has 0 N–H and O–H groups in total. The van der Waals surface area contributed by atoms with E-state index in [9.17, 15) is 0 Å². The molecule has 2 rings (SSSR count). The Labute approximate surface area is 75.1 Å². The van der Waals surface area contributed by atoms with Crippen molar-refractivity contribution in [3.05, 3.63) is 0 Å². The molecule has 0 unspecified atom stereocenters. The molecule has 1 heteroatoms. The van der Waals surface area contributed by atoms with Crippen LogP contribution in [0.3, 0.4) is 0 Å². The van der Waals surface area contributed by atoms with Gasteiger partial charge in [0.1, 0.15) is 0 Å². The second-order valence-corrected chi connectivity index (χ2v) is 4.33. The van der Waals surface area contributed by atoms with Gasteiger partial charge in [0.25, 0.3) is 0 Å². The molecule has 0 radical (unpaired) electrons. The average Bonchev–Trinajstić information content (AvgIpc) is 2.82. The van der Waals surface area contributed by atoms with Gasteiger partial charge < -0.3 is 4.90 Å². The third-order valence-electron chi connectivity index (χ3n) is 3.27. The van der Waals surface area contributed by atoms with Gasteiger partial charge in [0.15, 0.2) is 0 Å². The Balaban J connectivity index is 1.80. The molecule has 0 atom stereocenters. The van der Waals surface area contributed by atoms with Crippen LogP contribution in [-0.4, -0.2) is 24.5 Å². The Morgan fingerprint density at radius 1 is 1.33 bits per heavy atom. The molecular weight excluding hydrogens is 146 g/mol. The summed E-state index contributed by atoms with van der Waals surface area (Å²) in [7, 11) is 0. The summed E-state index contributed by atoms with van der Waals surface area (Å²) < 4.78 is 0. The quantitative estimate of drug-likeness (QED) is 0.562. The van der Waals surface area contributed by atoms with E-state index < -0.39 is 0 Å². The van der Waals surface area contributed by atoms with Crippen LogP contribution < -0.4 is 0 Å². The molecule has 2 aliphatic rings. The van der Waals surface area contributed by atoms with E-state index in [-0.39, 0.29) is 0 Å². The minimum Gasteiger partial charge on any atom is -0.302 e. The van der Waals surface area contributed by atoms with Crippen molar-refractivity contribution < 1.29 is 0 Å². The number of rotatable bonds is 2. The van der Waals surface area contributed by atoms with Crippen molar-refractivity contribution in [1.29, 1.82) is 0 Å². The topological polar surface area (TPSA) is 3.24 Å². The van der Waals surface area contributed by atoms with Gasteiger partial charge in [-0.3, -0.25) is 0 Å². The van der Waals surface area contributed by atoms with Crippen LogP contribution in [0.1, 0.15) is 32.1 Å². The zero-order valence-corrected chi connectivity index (χ0v) is 7.68. The van der Waals surface area contributed by atoms with Crippen molar-refractivity contribution in [3.8, 4) is 12.3 Å². The van der Waals surface area contributed by atoms with Gasteiger partial charge in [-0.2, -0.15) is 0 Å². The Kier molecular flexibility index (Phi) is 2.11. The minimum atomic E-state index is 0.757. The standard InChI is InChI=1S/C11H17N/c1-2-3-8-12-9-4-5-11(10-12)6-7-11/h1H,3-10H2. The van der Waals surface area contributed by atoms with Crippen LogP contribution in [0.25, 0.3) is 0 Å². The van der Waals surface area contributed by atoms with Gasteiger partial charge in [0.2, 0.25) is 0 Å². The van der Waals surface area contributed by atoms with Crippen molar-refractivity contribution in [1.82, 2.24) is 4.90 Å². The van der Waals surface area contributed by atoms with Gasteiger partial charge in [0, 0.05) is 19.5 Å². The predicted molar refractivity (Wildman–Crippen MR) is 50.8 cm³/mol. The van der Waals surface area contributed by atoms with Gasteiger partial charge in [-0.05, 0) is 37.6 Å². The molecule has 1 spiro atoms. The SMILES string of the molecule is C#CCCN1CCCC2(CC2)C1. The zero-order valence-electron chi connectivity index (χ0n) is 7.68. The highest BCUT2D eigenvalue weighted by molar-refractivity contribution is 4.98. The number of likely N-dealkylation sites (tertiary alicyclic amines) is 1. The summed E-state index contributed by atoms with van der Waals surface area (Å²) in [5, 5.41) is 0. The van der Waals surface area contributed by atoms with Gasteiger partial charge >= 0.3 is 0 Å². The maximum Gasteiger partial charge on any atom is 0.0214 e. The Bertz CT molecular complexity index is 198. The van der Waals surface area contributed by atoms with E-state index in [4.69, 9.17) is 6.42 Å². The summed E-state index contributed by atoms with van der Waals surface area (Å²) >= 11 is 0. The highest BCUT2D eigenvalue weighted by atomic mass is 15.1. The first-order valence-electron chi connectivity index (χ1n) is 5.01. The number of hydrogen-bond acceptors (Lipinski definition) is 1. The normalized spacial score (nSPS) is 26.9. The van der Waals surface area contributed by atoms with Crippen molar-refractivity contribution in [2.45, 2.75) is 32.1 Å². The van der Waals surface area contributed by atoms with Crippen molar-refractivity contribution in [2.75, 3.05) is 19.6 Å². The molecule has 0 amide bonds. The van der Waals surface area contributed by atoms with E-state index in [2.05, 4.69) is 10.8 Å². The van der Waals surface area contributed by atoms with Crippen LogP contribution in [0.5, 0.6) is 0 Å². The van der Waals surface area contributed by atoms with E-state index in [0.717, 1.165) is 18.4 Å². The molecule has 1 heterocycles. The summed E-state index contributed by atoms with van der Waals surface area (Å²) in [4.78, 5) is 2.55. The summed E-state index contributed by atoms with van der Waals surface area (Å²) in [6, 6.07) is 0. The Morgan fingerprint density at radius 3 is 2.83 bits per heavy atom. The smallest absolute Gasteiger partial charge is 0.0214 e. The largest absolute Gasteiger partial charge is 0.302 e. The maximum absolute atomic E-state index is 5.25. The molecule has 12 heavy (non-hydrogen) atoms.